The number of pyridine rings is 1. The van der Waals surface area contributed by atoms with Crippen LogP contribution < -0.4 is 10.6 Å². The fraction of sp³-hybridized carbons (Fsp3) is 0.179. The summed E-state index contributed by atoms with van der Waals surface area (Å²) in [7, 11) is 1.41. The Kier molecular flexibility index (Phi) is 8.56. The molecule has 2 N–H and O–H groups in total. The summed E-state index contributed by atoms with van der Waals surface area (Å²) in [6.07, 6.45) is -4.38. The van der Waals surface area contributed by atoms with E-state index >= 15 is 0 Å². The smallest absolute Gasteiger partial charge is 0.374 e. The van der Waals surface area contributed by atoms with E-state index in [1.807, 2.05) is 0 Å². The van der Waals surface area contributed by atoms with E-state index in [-0.39, 0.29) is 59.8 Å². The second-order valence-electron chi connectivity index (χ2n) is 9.60. The molecule has 0 aliphatic carbocycles. The van der Waals surface area contributed by atoms with E-state index in [1.165, 1.54) is 37.5 Å². The minimum absolute atomic E-state index is 0.00754. The van der Waals surface area contributed by atoms with Crippen molar-refractivity contribution in [3.63, 3.8) is 0 Å². The lowest BCUT2D eigenvalue weighted by atomic mass is 9.87. The van der Waals surface area contributed by atoms with Crippen molar-refractivity contribution in [1.29, 1.82) is 0 Å². The fourth-order valence-electron chi connectivity index (χ4n) is 4.61. The third-order valence-corrected chi connectivity index (χ3v) is 7.65. The van der Waals surface area contributed by atoms with Crippen LogP contribution in [0.2, 0.25) is 20.1 Å². The zero-order valence-corrected chi connectivity index (χ0v) is 25.6. The van der Waals surface area contributed by atoms with Gasteiger partial charge in [0.15, 0.2) is 5.82 Å². The average Bonchev–Trinajstić information content (AvgIpc) is 3.60. The van der Waals surface area contributed by atoms with Crippen LogP contribution in [0.15, 0.2) is 59.9 Å². The van der Waals surface area contributed by atoms with E-state index < -0.39 is 30.0 Å². The van der Waals surface area contributed by atoms with Crippen molar-refractivity contribution in [1.82, 2.24) is 20.1 Å². The molecule has 0 spiro atoms. The highest BCUT2D eigenvalue weighted by Gasteiger charge is 2.62. The van der Waals surface area contributed by atoms with Crippen LogP contribution in [-0.4, -0.2) is 45.5 Å². The molecule has 4 aromatic rings. The molecule has 5 rings (SSSR count). The van der Waals surface area contributed by atoms with E-state index in [2.05, 4.69) is 25.9 Å². The van der Waals surface area contributed by atoms with Gasteiger partial charge >= 0.3 is 6.18 Å². The van der Waals surface area contributed by atoms with E-state index in [1.54, 1.807) is 19.1 Å². The molecule has 2 amide bonds. The molecule has 1 atom stereocenters. The van der Waals surface area contributed by atoms with Crippen molar-refractivity contribution < 1.29 is 27.6 Å². The number of rotatable bonds is 6. The molecular formula is C28H19Cl4F3N6O3. The molecule has 0 bridgehead atoms. The first kappa shape index (κ1) is 31.6. The van der Waals surface area contributed by atoms with Gasteiger partial charge in [-0.3, -0.25) is 9.59 Å². The maximum atomic E-state index is 14.6. The predicted molar refractivity (Wildman–Crippen MR) is 160 cm³/mol. The summed E-state index contributed by atoms with van der Waals surface area (Å²) in [5, 5.41) is 13.5. The van der Waals surface area contributed by atoms with E-state index in [0.717, 1.165) is 16.8 Å². The zero-order chi connectivity index (χ0) is 32.0. The maximum Gasteiger partial charge on any atom is 0.435 e. The second-order valence-corrected chi connectivity index (χ2v) is 11.3. The van der Waals surface area contributed by atoms with Crippen molar-refractivity contribution in [2.45, 2.75) is 25.1 Å². The van der Waals surface area contributed by atoms with E-state index in [4.69, 9.17) is 51.2 Å². The number of benzene rings is 2. The Labute approximate surface area is 267 Å². The number of amides is 2. The van der Waals surface area contributed by atoms with Crippen LogP contribution in [0.3, 0.4) is 0 Å². The van der Waals surface area contributed by atoms with E-state index in [0.29, 0.717) is 5.56 Å². The van der Waals surface area contributed by atoms with Crippen molar-refractivity contribution in [3.8, 4) is 5.82 Å². The van der Waals surface area contributed by atoms with Crippen LogP contribution in [0.1, 0.15) is 44.1 Å². The quantitative estimate of drug-likeness (QED) is 0.220. The molecule has 3 heterocycles. The SMILES string of the molecule is CNC(=O)c1cc(Cl)cc(C)c1NC(=O)c1cc(C2=NOC(c3cc(Cl)cc(Cl)c3)(C(F)(F)F)C2)nn1-c1ncccc1Cl. The van der Waals surface area contributed by atoms with Crippen LogP contribution >= 0.6 is 46.4 Å². The number of halogens is 7. The van der Waals surface area contributed by atoms with Crippen molar-refractivity contribution in [2.24, 2.45) is 5.16 Å². The number of hydrogen-bond acceptors (Lipinski definition) is 6. The van der Waals surface area contributed by atoms with Gasteiger partial charge in [-0.05, 0) is 61.0 Å². The largest absolute Gasteiger partial charge is 0.435 e. The lowest BCUT2D eigenvalue weighted by molar-refractivity contribution is -0.275. The second kappa shape index (κ2) is 11.9. The third kappa shape index (κ3) is 5.82. The van der Waals surface area contributed by atoms with Crippen LogP contribution in [0.5, 0.6) is 0 Å². The molecule has 1 aliphatic rings. The Morgan fingerprint density at radius 3 is 2.32 bits per heavy atom. The van der Waals surface area contributed by atoms with Gasteiger partial charge in [-0.1, -0.05) is 51.6 Å². The topological polar surface area (TPSA) is 111 Å². The number of nitrogens with zero attached hydrogens (tertiary/aromatic N) is 4. The van der Waals surface area contributed by atoms with E-state index in [9.17, 15) is 22.8 Å². The first-order chi connectivity index (χ1) is 20.7. The number of alkyl halides is 3. The lowest BCUT2D eigenvalue weighted by Gasteiger charge is -2.29. The maximum absolute atomic E-state index is 14.6. The third-order valence-electron chi connectivity index (χ3n) is 6.70. The van der Waals surface area contributed by atoms with Gasteiger partial charge < -0.3 is 15.5 Å². The van der Waals surface area contributed by atoms with Gasteiger partial charge in [-0.15, -0.1) is 0 Å². The Balaban J connectivity index is 1.59. The summed E-state index contributed by atoms with van der Waals surface area (Å²) in [6, 6.07) is 10.6. The molecule has 2 aromatic heterocycles. The molecule has 0 radical (unpaired) electrons. The lowest BCUT2D eigenvalue weighted by Crippen LogP contribution is -2.42. The highest BCUT2D eigenvalue weighted by molar-refractivity contribution is 6.34. The van der Waals surface area contributed by atoms with Gasteiger partial charge in [0.25, 0.3) is 17.4 Å². The first-order valence-corrected chi connectivity index (χ1v) is 14.1. The molecule has 228 valence electrons. The van der Waals surface area contributed by atoms with Gasteiger partial charge in [-0.2, -0.15) is 18.3 Å². The first-order valence-electron chi connectivity index (χ1n) is 12.6. The molecular weight excluding hydrogens is 667 g/mol. The number of oxime groups is 1. The highest BCUT2D eigenvalue weighted by Crippen LogP contribution is 2.49. The van der Waals surface area contributed by atoms with Crippen molar-refractivity contribution in [2.75, 3.05) is 12.4 Å². The van der Waals surface area contributed by atoms with Crippen LogP contribution in [0, 0.1) is 6.92 Å². The van der Waals surface area contributed by atoms with Gasteiger partial charge in [0.05, 0.1) is 22.7 Å². The van der Waals surface area contributed by atoms with Crippen molar-refractivity contribution >= 4 is 69.6 Å². The van der Waals surface area contributed by atoms with Gasteiger partial charge in [0.2, 0.25) is 0 Å². The molecule has 1 aliphatic heterocycles. The van der Waals surface area contributed by atoms with Gasteiger partial charge in [0, 0.05) is 33.9 Å². The number of carbonyl (C=O) groups excluding carboxylic acids is 2. The summed E-state index contributed by atoms with van der Waals surface area (Å²) >= 11 is 24.5. The molecule has 0 saturated heterocycles. The molecule has 2 aromatic carbocycles. The number of carbonyl (C=O) groups is 2. The zero-order valence-electron chi connectivity index (χ0n) is 22.6. The monoisotopic (exact) mass is 684 g/mol. The summed E-state index contributed by atoms with van der Waals surface area (Å²) in [5.74, 6) is -1.30. The number of nitrogens with one attached hydrogen (secondary N) is 2. The summed E-state index contributed by atoms with van der Waals surface area (Å²) < 4.78 is 44.8. The number of aromatic nitrogens is 3. The fourth-order valence-corrected chi connectivity index (χ4v) is 5.61. The molecule has 0 fully saturated rings. The minimum Gasteiger partial charge on any atom is -0.374 e. The molecule has 0 saturated carbocycles. The Bertz CT molecular complexity index is 1830. The number of hydrogen-bond donors (Lipinski definition) is 2. The Morgan fingerprint density at radius 1 is 1.00 bits per heavy atom. The molecule has 9 nitrogen and oxygen atoms in total. The molecule has 16 heteroatoms. The van der Waals surface area contributed by atoms with Crippen molar-refractivity contribution in [3.05, 3.63) is 103 Å². The Hall–Kier alpha value is -3.84. The summed E-state index contributed by atoms with van der Waals surface area (Å²) in [4.78, 5) is 35.6. The number of anilines is 1. The number of aryl methyl sites for hydroxylation is 1. The Morgan fingerprint density at radius 2 is 1.68 bits per heavy atom. The summed E-state index contributed by atoms with van der Waals surface area (Å²) in [6.45, 7) is 1.63. The van der Waals surface area contributed by atoms with Crippen LogP contribution in [0.4, 0.5) is 18.9 Å². The standard InChI is InChI=1S/C28H19Cl4F3N6O3/c1-13-6-15(29)10-18(25(42)36-2)23(13)38-26(43)22-11-20(39-41(22)24-19(32)4-3-5-37-24)21-12-27(44-40-21,28(33,34)35)14-7-16(30)9-17(31)8-14/h3-11H,12H2,1-2H3,(H,36,42)(H,38,43). The molecule has 44 heavy (non-hydrogen) atoms. The predicted octanol–water partition coefficient (Wildman–Crippen LogP) is 7.38. The van der Waals surface area contributed by atoms with Crippen LogP contribution in [0.25, 0.3) is 5.82 Å². The van der Waals surface area contributed by atoms with Gasteiger partial charge in [-0.25, -0.2) is 9.67 Å². The average molecular weight is 686 g/mol. The molecule has 1 unspecified atom stereocenters. The van der Waals surface area contributed by atoms with Crippen LogP contribution in [-0.2, 0) is 10.4 Å². The highest BCUT2D eigenvalue weighted by atomic mass is 35.5. The minimum atomic E-state index is -4.96. The normalized spacial score (nSPS) is 16.3. The van der Waals surface area contributed by atoms with Gasteiger partial charge in [0.1, 0.15) is 17.1 Å². The summed E-state index contributed by atoms with van der Waals surface area (Å²) in [5.41, 5.74) is -3.15.